The average molecular weight is 195 g/mol. The molecular weight excluding hydrogens is 187 g/mol. The van der Waals surface area contributed by atoms with Crippen molar-refractivity contribution in [3.63, 3.8) is 0 Å². The van der Waals surface area contributed by atoms with Gasteiger partial charge in [-0.15, -0.1) is 12.4 Å². The predicted octanol–water partition coefficient (Wildman–Crippen LogP) is 1.53. The quantitative estimate of drug-likeness (QED) is 0.637. The molecule has 0 aliphatic heterocycles. The summed E-state index contributed by atoms with van der Waals surface area (Å²) in [5.74, 6) is 0. The smallest absolute Gasteiger partial charge is 0.270 e. The second-order valence-corrected chi connectivity index (χ2v) is 2.41. The Labute approximate surface area is 75.8 Å². The molecule has 3 nitrogen and oxygen atoms in total. The summed E-state index contributed by atoms with van der Waals surface area (Å²) in [4.78, 5) is 10.6. The highest BCUT2D eigenvalue weighted by Crippen LogP contribution is 2.04. The minimum Gasteiger partial charge on any atom is -0.274 e. The first kappa shape index (κ1) is 10.5. The lowest BCUT2D eigenvalue weighted by atomic mass is 10.4. The summed E-state index contributed by atoms with van der Waals surface area (Å²) in [6.07, 6.45) is 0. The Balaban J connectivity index is 0.000001000. The largest absolute Gasteiger partial charge is 0.274 e. The second-order valence-electron chi connectivity index (χ2n) is 2.07. The van der Waals surface area contributed by atoms with E-state index in [1.807, 2.05) is 6.92 Å². The first-order chi connectivity index (χ1) is 4.61. The number of carbonyl (C=O) groups is 1. The van der Waals surface area contributed by atoms with Crippen molar-refractivity contribution in [3.05, 3.63) is 17.5 Å². The van der Waals surface area contributed by atoms with E-state index in [9.17, 15) is 4.79 Å². The van der Waals surface area contributed by atoms with Crippen LogP contribution in [0.2, 0.25) is 0 Å². The molecule has 0 N–H and O–H groups in total. The van der Waals surface area contributed by atoms with Crippen LogP contribution in [0.25, 0.3) is 0 Å². The molecule has 0 bridgehead atoms. The van der Waals surface area contributed by atoms with Crippen LogP contribution in [0.3, 0.4) is 0 Å². The summed E-state index contributed by atoms with van der Waals surface area (Å²) in [6, 6.07) is 1.65. The summed E-state index contributed by atoms with van der Waals surface area (Å²) in [5, 5.41) is 3.47. The molecule has 62 valence electrons. The van der Waals surface area contributed by atoms with Crippen LogP contribution >= 0.6 is 24.0 Å². The first-order valence-electron chi connectivity index (χ1n) is 2.81. The Morgan fingerprint density at radius 2 is 2.27 bits per heavy atom. The van der Waals surface area contributed by atoms with Crippen molar-refractivity contribution in [3.8, 4) is 0 Å². The lowest BCUT2D eigenvalue weighted by Gasteiger charge is -1.90. The van der Waals surface area contributed by atoms with Crippen LogP contribution in [0.4, 0.5) is 0 Å². The molecule has 0 fully saturated rings. The molecule has 1 heterocycles. The third-order valence-electron chi connectivity index (χ3n) is 1.20. The van der Waals surface area contributed by atoms with Gasteiger partial charge in [-0.1, -0.05) is 0 Å². The predicted molar refractivity (Wildman–Crippen MR) is 45.4 cm³/mol. The van der Waals surface area contributed by atoms with E-state index in [1.54, 1.807) is 13.1 Å². The number of carbonyl (C=O) groups excluding carboxylic acids is 1. The highest BCUT2D eigenvalue weighted by atomic mass is 35.5. The van der Waals surface area contributed by atoms with Gasteiger partial charge in [0.25, 0.3) is 5.24 Å². The van der Waals surface area contributed by atoms with Crippen LogP contribution in [-0.2, 0) is 7.05 Å². The van der Waals surface area contributed by atoms with Crippen molar-refractivity contribution in [2.75, 3.05) is 0 Å². The van der Waals surface area contributed by atoms with Gasteiger partial charge >= 0.3 is 0 Å². The zero-order chi connectivity index (χ0) is 7.72. The topological polar surface area (TPSA) is 34.9 Å². The molecule has 0 amide bonds. The summed E-state index contributed by atoms with van der Waals surface area (Å²) in [5.41, 5.74) is 1.23. The molecule has 0 saturated heterocycles. The number of hydrogen-bond acceptors (Lipinski definition) is 2. The zero-order valence-electron chi connectivity index (χ0n) is 6.17. The van der Waals surface area contributed by atoms with Gasteiger partial charge in [0.2, 0.25) is 0 Å². The van der Waals surface area contributed by atoms with Gasteiger partial charge in [-0.05, 0) is 24.6 Å². The zero-order valence-corrected chi connectivity index (χ0v) is 7.74. The molecule has 0 aliphatic carbocycles. The fraction of sp³-hybridized carbons (Fsp3) is 0.333. The van der Waals surface area contributed by atoms with Gasteiger partial charge in [0.05, 0.1) is 5.69 Å². The average Bonchev–Trinajstić information content (AvgIpc) is 2.10. The van der Waals surface area contributed by atoms with E-state index < -0.39 is 5.24 Å². The van der Waals surface area contributed by atoms with Crippen LogP contribution < -0.4 is 0 Å². The maximum atomic E-state index is 10.6. The summed E-state index contributed by atoms with van der Waals surface area (Å²) >= 11 is 5.22. The highest BCUT2D eigenvalue weighted by molar-refractivity contribution is 6.67. The van der Waals surface area contributed by atoms with Gasteiger partial charge < -0.3 is 0 Å². The van der Waals surface area contributed by atoms with Gasteiger partial charge in [0.1, 0.15) is 5.69 Å². The monoisotopic (exact) mass is 194 g/mol. The molecule has 0 spiro atoms. The number of aromatic nitrogens is 2. The first-order valence-corrected chi connectivity index (χ1v) is 3.19. The molecule has 11 heavy (non-hydrogen) atoms. The maximum Gasteiger partial charge on any atom is 0.270 e. The van der Waals surface area contributed by atoms with Crippen LogP contribution in [0.5, 0.6) is 0 Å². The fourth-order valence-corrected chi connectivity index (χ4v) is 0.971. The van der Waals surface area contributed by atoms with Crippen LogP contribution in [0.15, 0.2) is 6.07 Å². The SMILES string of the molecule is Cc1cc(C(=O)Cl)n(C)n1.Cl. The molecule has 0 saturated carbocycles. The number of hydrogen-bond donors (Lipinski definition) is 0. The summed E-state index contributed by atoms with van der Waals surface area (Å²) < 4.78 is 1.46. The number of aryl methyl sites for hydroxylation is 2. The van der Waals surface area contributed by atoms with E-state index in [4.69, 9.17) is 11.6 Å². The molecule has 0 atom stereocenters. The normalized spacial score (nSPS) is 9.00. The highest BCUT2D eigenvalue weighted by Gasteiger charge is 2.07. The van der Waals surface area contributed by atoms with Gasteiger partial charge in [0, 0.05) is 7.05 Å². The van der Waals surface area contributed by atoms with Crippen molar-refractivity contribution in [1.29, 1.82) is 0 Å². The van der Waals surface area contributed by atoms with E-state index in [2.05, 4.69) is 5.10 Å². The fourth-order valence-electron chi connectivity index (χ4n) is 0.795. The Bertz CT molecular complexity index is 270. The van der Waals surface area contributed by atoms with Crippen molar-refractivity contribution in [2.24, 2.45) is 7.05 Å². The van der Waals surface area contributed by atoms with Crippen molar-refractivity contribution < 1.29 is 4.79 Å². The van der Waals surface area contributed by atoms with E-state index >= 15 is 0 Å². The number of nitrogens with zero attached hydrogens (tertiary/aromatic N) is 2. The standard InChI is InChI=1S/C6H7ClN2O.ClH/c1-4-3-5(6(7)10)9(2)8-4;/h3H,1-2H3;1H. The number of halogens is 2. The molecular formula is C6H8Cl2N2O. The van der Waals surface area contributed by atoms with Crippen molar-refractivity contribution >= 4 is 29.3 Å². The third kappa shape index (κ3) is 2.20. The minimum atomic E-state index is -0.469. The lowest BCUT2D eigenvalue weighted by Crippen LogP contribution is -2.00. The Morgan fingerprint density at radius 1 is 1.73 bits per heavy atom. The molecule has 1 rings (SSSR count). The van der Waals surface area contributed by atoms with Gasteiger partial charge in [0.15, 0.2) is 0 Å². The minimum absolute atomic E-state index is 0. The van der Waals surface area contributed by atoms with E-state index in [1.165, 1.54) is 4.68 Å². The Morgan fingerprint density at radius 3 is 2.45 bits per heavy atom. The maximum absolute atomic E-state index is 10.6. The molecule has 0 radical (unpaired) electrons. The van der Waals surface area contributed by atoms with Crippen LogP contribution in [0, 0.1) is 6.92 Å². The molecule has 0 aromatic carbocycles. The molecule has 0 aliphatic rings. The summed E-state index contributed by atoms with van der Waals surface area (Å²) in [6.45, 7) is 1.81. The molecule has 0 unspecified atom stereocenters. The van der Waals surface area contributed by atoms with Crippen LogP contribution in [-0.4, -0.2) is 15.0 Å². The van der Waals surface area contributed by atoms with Gasteiger partial charge in [-0.2, -0.15) is 5.10 Å². The Kier molecular flexibility index (Phi) is 3.55. The summed E-state index contributed by atoms with van der Waals surface area (Å²) in [7, 11) is 1.68. The van der Waals surface area contributed by atoms with Gasteiger partial charge in [-0.3, -0.25) is 9.48 Å². The second kappa shape index (κ2) is 3.74. The van der Waals surface area contributed by atoms with E-state index in [0.717, 1.165) is 5.69 Å². The number of rotatable bonds is 1. The molecule has 1 aromatic heterocycles. The van der Waals surface area contributed by atoms with Crippen molar-refractivity contribution in [2.45, 2.75) is 6.92 Å². The molecule has 5 heteroatoms. The van der Waals surface area contributed by atoms with Crippen LogP contribution in [0.1, 0.15) is 16.2 Å². The molecule has 1 aromatic rings. The Hall–Kier alpha value is -0.540. The van der Waals surface area contributed by atoms with Gasteiger partial charge in [-0.25, -0.2) is 0 Å². The third-order valence-corrected chi connectivity index (χ3v) is 1.40. The van der Waals surface area contributed by atoms with E-state index in [-0.39, 0.29) is 12.4 Å². The lowest BCUT2D eigenvalue weighted by molar-refractivity contribution is 0.107. The van der Waals surface area contributed by atoms with E-state index in [0.29, 0.717) is 5.69 Å². The van der Waals surface area contributed by atoms with Crippen molar-refractivity contribution in [1.82, 2.24) is 9.78 Å².